The maximum absolute atomic E-state index is 12.0. The molecule has 1 aromatic carbocycles. The van der Waals surface area contributed by atoms with Gasteiger partial charge >= 0.3 is 0 Å². The Labute approximate surface area is 110 Å². The first-order chi connectivity index (χ1) is 8.69. The molecule has 0 saturated heterocycles. The van der Waals surface area contributed by atoms with Gasteiger partial charge in [0.15, 0.2) is 0 Å². The van der Waals surface area contributed by atoms with Gasteiger partial charge in [-0.25, -0.2) is 0 Å². The summed E-state index contributed by atoms with van der Waals surface area (Å²) in [6, 6.07) is 10.2. The summed E-state index contributed by atoms with van der Waals surface area (Å²) in [5.41, 5.74) is 7.38. The van der Waals surface area contributed by atoms with E-state index in [1.54, 1.807) is 42.6 Å². The molecular weight excluding hydrogens is 250 g/mol. The molecule has 18 heavy (non-hydrogen) atoms. The minimum absolute atomic E-state index is 0.200. The molecule has 0 bridgehead atoms. The number of amides is 1. The van der Waals surface area contributed by atoms with E-state index < -0.39 is 0 Å². The predicted molar refractivity (Wildman–Crippen MR) is 71.5 cm³/mol. The number of anilines is 1. The fraction of sp³-hybridized carbons (Fsp3) is 0.0769. The standard InChI is InChI=1S/C13H12ClN3O/c14-10-1-3-11(4-2-10)17-13(18)9-5-6-16-12(7-9)8-15/h1-7H,8,15H2,(H,17,18). The van der Waals surface area contributed by atoms with Gasteiger partial charge in [0.05, 0.1) is 5.69 Å². The van der Waals surface area contributed by atoms with Gasteiger partial charge in [-0.05, 0) is 36.4 Å². The molecule has 2 rings (SSSR count). The van der Waals surface area contributed by atoms with Crippen molar-refractivity contribution in [2.45, 2.75) is 6.54 Å². The van der Waals surface area contributed by atoms with E-state index in [0.29, 0.717) is 28.5 Å². The van der Waals surface area contributed by atoms with Gasteiger partial charge in [0.1, 0.15) is 0 Å². The van der Waals surface area contributed by atoms with Gasteiger partial charge in [-0.3, -0.25) is 9.78 Å². The lowest BCUT2D eigenvalue weighted by molar-refractivity contribution is 0.102. The number of benzene rings is 1. The maximum atomic E-state index is 12.0. The molecule has 0 radical (unpaired) electrons. The summed E-state index contributed by atoms with van der Waals surface area (Å²) >= 11 is 5.77. The van der Waals surface area contributed by atoms with Crippen LogP contribution in [0, 0.1) is 0 Å². The number of aromatic nitrogens is 1. The number of nitrogens with one attached hydrogen (secondary N) is 1. The first-order valence-corrected chi connectivity index (χ1v) is 5.79. The SMILES string of the molecule is NCc1cc(C(=O)Nc2ccc(Cl)cc2)ccn1. The number of nitrogens with zero attached hydrogens (tertiary/aromatic N) is 1. The van der Waals surface area contributed by atoms with Gasteiger partial charge in [0.25, 0.3) is 5.91 Å². The Morgan fingerprint density at radius 1 is 1.28 bits per heavy atom. The molecule has 0 aliphatic rings. The molecule has 0 aliphatic heterocycles. The van der Waals surface area contributed by atoms with Gasteiger partial charge < -0.3 is 11.1 Å². The number of carbonyl (C=O) groups is 1. The van der Waals surface area contributed by atoms with Crippen LogP contribution in [0.2, 0.25) is 5.02 Å². The largest absolute Gasteiger partial charge is 0.325 e. The van der Waals surface area contributed by atoms with Crippen LogP contribution in [-0.4, -0.2) is 10.9 Å². The van der Waals surface area contributed by atoms with Crippen LogP contribution in [0.15, 0.2) is 42.6 Å². The quantitative estimate of drug-likeness (QED) is 0.892. The van der Waals surface area contributed by atoms with Crippen LogP contribution in [-0.2, 0) is 6.54 Å². The minimum Gasteiger partial charge on any atom is -0.325 e. The summed E-state index contributed by atoms with van der Waals surface area (Å²) < 4.78 is 0. The molecule has 0 spiro atoms. The zero-order valence-corrected chi connectivity index (χ0v) is 10.3. The number of halogens is 1. The summed E-state index contributed by atoms with van der Waals surface area (Å²) in [5.74, 6) is -0.200. The normalized spacial score (nSPS) is 10.1. The molecule has 0 saturated carbocycles. The van der Waals surface area contributed by atoms with E-state index in [9.17, 15) is 4.79 Å². The van der Waals surface area contributed by atoms with Crippen LogP contribution in [0.25, 0.3) is 0 Å². The van der Waals surface area contributed by atoms with Gasteiger partial charge in [0, 0.05) is 29.0 Å². The summed E-state index contributed by atoms with van der Waals surface area (Å²) in [5, 5.41) is 3.40. The molecule has 1 heterocycles. The Bertz CT molecular complexity index is 554. The molecule has 0 aliphatic carbocycles. The third-order valence-corrected chi connectivity index (χ3v) is 2.64. The van der Waals surface area contributed by atoms with E-state index in [1.807, 2.05) is 0 Å². The lowest BCUT2D eigenvalue weighted by Gasteiger charge is -2.06. The zero-order valence-electron chi connectivity index (χ0n) is 9.56. The van der Waals surface area contributed by atoms with E-state index in [-0.39, 0.29) is 5.91 Å². The van der Waals surface area contributed by atoms with Crippen LogP contribution in [0.1, 0.15) is 16.1 Å². The average molecular weight is 262 g/mol. The Balaban J connectivity index is 2.14. The van der Waals surface area contributed by atoms with Crippen molar-refractivity contribution in [2.24, 2.45) is 5.73 Å². The van der Waals surface area contributed by atoms with Gasteiger partial charge in [0.2, 0.25) is 0 Å². The second-order valence-electron chi connectivity index (χ2n) is 3.70. The highest BCUT2D eigenvalue weighted by Crippen LogP contribution is 2.14. The van der Waals surface area contributed by atoms with Crippen molar-refractivity contribution >= 4 is 23.2 Å². The molecule has 2 aromatic rings. The van der Waals surface area contributed by atoms with Crippen molar-refractivity contribution in [3.8, 4) is 0 Å². The topological polar surface area (TPSA) is 68.0 Å². The fourth-order valence-electron chi connectivity index (χ4n) is 1.47. The third kappa shape index (κ3) is 3.06. The highest BCUT2D eigenvalue weighted by molar-refractivity contribution is 6.30. The van der Waals surface area contributed by atoms with Crippen molar-refractivity contribution in [3.63, 3.8) is 0 Å². The Morgan fingerprint density at radius 2 is 2.00 bits per heavy atom. The van der Waals surface area contributed by atoms with Crippen molar-refractivity contribution in [2.75, 3.05) is 5.32 Å². The summed E-state index contributed by atoms with van der Waals surface area (Å²) in [7, 11) is 0. The lowest BCUT2D eigenvalue weighted by Crippen LogP contribution is -2.13. The third-order valence-electron chi connectivity index (χ3n) is 2.39. The highest BCUT2D eigenvalue weighted by atomic mass is 35.5. The van der Waals surface area contributed by atoms with Crippen LogP contribution in [0.3, 0.4) is 0 Å². The van der Waals surface area contributed by atoms with Crippen molar-refractivity contribution in [3.05, 3.63) is 58.9 Å². The van der Waals surface area contributed by atoms with Crippen molar-refractivity contribution in [1.82, 2.24) is 4.98 Å². The molecule has 1 amide bonds. The molecule has 0 fully saturated rings. The Kier molecular flexibility index (Phi) is 3.92. The molecule has 0 atom stereocenters. The monoisotopic (exact) mass is 261 g/mol. The number of pyridine rings is 1. The predicted octanol–water partition coefficient (Wildman–Crippen LogP) is 2.45. The molecule has 3 N–H and O–H groups in total. The first-order valence-electron chi connectivity index (χ1n) is 5.41. The highest BCUT2D eigenvalue weighted by Gasteiger charge is 2.06. The van der Waals surface area contributed by atoms with E-state index in [2.05, 4.69) is 10.3 Å². The molecule has 5 heteroatoms. The van der Waals surface area contributed by atoms with Crippen molar-refractivity contribution in [1.29, 1.82) is 0 Å². The number of hydrogen-bond donors (Lipinski definition) is 2. The molecule has 92 valence electrons. The number of carbonyl (C=O) groups excluding carboxylic acids is 1. The average Bonchev–Trinajstić information content (AvgIpc) is 2.41. The Hall–Kier alpha value is -1.91. The first kappa shape index (κ1) is 12.5. The van der Waals surface area contributed by atoms with E-state index in [4.69, 9.17) is 17.3 Å². The van der Waals surface area contributed by atoms with Crippen LogP contribution < -0.4 is 11.1 Å². The maximum Gasteiger partial charge on any atom is 0.255 e. The van der Waals surface area contributed by atoms with E-state index in [1.165, 1.54) is 0 Å². The minimum atomic E-state index is -0.200. The fourth-order valence-corrected chi connectivity index (χ4v) is 1.59. The van der Waals surface area contributed by atoms with Crippen LogP contribution >= 0.6 is 11.6 Å². The molecule has 1 aromatic heterocycles. The van der Waals surface area contributed by atoms with Gasteiger partial charge in [-0.1, -0.05) is 11.6 Å². The van der Waals surface area contributed by atoms with Crippen LogP contribution in [0.5, 0.6) is 0 Å². The summed E-state index contributed by atoms with van der Waals surface area (Å²) in [6.07, 6.45) is 1.57. The van der Waals surface area contributed by atoms with Crippen LogP contribution in [0.4, 0.5) is 5.69 Å². The van der Waals surface area contributed by atoms with Gasteiger partial charge in [-0.15, -0.1) is 0 Å². The summed E-state index contributed by atoms with van der Waals surface area (Å²) in [4.78, 5) is 16.0. The van der Waals surface area contributed by atoms with Crippen molar-refractivity contribution < 1.29 is 4.79 Å². The number of rotatable bonds is 3. The molecular formula is C13H12ClN3O. The second kappa shape index (κ2) is 5.62. The molecule has 0 unspecified atom stereocenters. The number of hydrogen-bond acceptors (Lipinski definition) is 3. The number of nitrogens with two attached hydrogens (primary N) is 1. The molecule has 4 nitrogen and oxygen atoms in total. The smallest absolute Gasteiger partial charge is 0.255 e. The zero-order chi connectivity index (χ0) is 13.0. The summed E-state index contributed by atoms with van der Waals surface area (Å²) in [6.45, 7) is 0.308. The lowest BCUT2D eigenvalue weighted by atomic mass is 10.2. The Morgan fingerprint density at radius 3 is 2.67 bits per heavy atom. The second-order valence-corrected chi connectivity index (χ2v) is 4.14. The van der Waals surface area contributed by atoms with Gasteiger partial charge in [-0.2, -0.15) is 0 Å². The van der Waals surface area contributed by atoms with E-state index in [0.717, 1.165) is 0 Å². The van der Waals surface area contributed by atoms with E-state index >= 15 is 0 Å².